The van der Waals surface area contributed by atoms with Crippen LogP contribution in [0.2, 0.25) is 0 Å². The first-order valence-corrected chi connectivity index (χ1v) is 5.79. The van der Waals surface area contributed by atoms with Gasteiger partial charge in [-0.2, -0.15) is 0 Å². The van der Waals surface area contributed by atoms with Crippen molar-refractivity contribution < 1.29 is 18.8 Å². The van der Waals surface area contributed by atoms with Crippen LogP contribution in [0.3, 0.4) is 0 Å². The molecule has 3 rings (SSSR count). The number of furan rings is 1. The Morgan fingerprint density at radius 3 is 2.35 bits per heavy atom. The van der Waals surface area contributed by atoms with Crippen molar-refractivity contribution in [1.82, 2.24) is 0 Å². The third kappa shape index (κ3) is 1.94. The fourth-order valence-electron chi connectivity index (χ4n) is 2.42. The molecule has 1 aromatic rings. The Kier molecular flexibility index (Phi) is 2.60. The molecule has 0 radical (unpaired) electrons. The summed E-state index contributed by atoms with van der Waals surface area (Å²) >= 11 is 0. The Hall–Kier alpha value is -1.40. The van der Waals surface area contributed by atoms with Crippen molar-refractivity contribution in [3.8, 4) is 0 Å². The molecule has 6 heteroatoms. The van der Waals surface area contributed by atoms with Gasteiger partial charge in [0.15, 0.2) is 5.76 Å². The van der Waals surface area contributed by atoms with Gasteiger partial charge in [0, 0.05) is 0 Å². The minimum atomic E-state index is -0.586. The van der Waals surface area contributed by atoms with Gasteiger partial charge in [0.05, 0.1) is 18.3 Å². The van der Waals surface area contributed by atoms with Gasteiger partial charge in [0.25, 0.3) is 0 Å². The lowest BCUT2D eigenvalue weighted by Crippen LogP contribution is -2.25. The van der Waals surface area contributed by atoms with Crippen LogP contribution in [-0.4, -0.2) is 17.1 Å². The molecule has 2 heterocycles. The lowest BCUT2D eigenvalue weighted by atomic mass is 9.95. The van der Waals surface area contributed by atoms with Crippen LogP contribution in [0.15, 0.2) is 16.5 Å². The van der Waals surface area contributed by atoms with E-state index in [4.69, 9.17) is 13.9 Å². The fraction of sp³-hybridized carbons (Fsp3) is 0.636. The van der Waals surface area contributed by atoms with E-state index in [1.54, 1.807) is 6.07 Å². The molecule has 1 aliphatic carbocycles. The monoisotopic (exact) mass is 239 g/mol. The molecule has 1 saturated heterocycles. The largest absolute Gasteiger partial charge is 0.433 e. The van der Waals surface area contributed by atoms with Crippen molar-refractivity contribution in [3.05, 3.63) is 28.0 Å². The van der Waals surface area contributed by atoms with E-state index < -0.39 is 11.2 Å². The van der Waals surface area contributed by atoms with Gasteiger partial charge in [-0.15, -0.1) is 0 Å². The van der Waals surface area contributed by atoms with E-state index in [9.17, 15) is 10.1 Å². The maximum atomic E-state index is 10.5. The Morgan fingerprint density at radius 1 is 1.18 bits per heavy atom. The van der Waals surface area contributed by atoms with Crippen LogP contribution < -0.4 is 0 Å². The number of hydrogen-bond acceptors (Lipinski definition) is 5. The smallest absolute Gasteiger partial charge is 0.400 e. The molecule has 1 aromatic heterocycles. The number of ether oxygens (including phenoxy) is 2. The van der Waals surface area contributed by atoms with E-state index in [1.807, 2.05) is 0 Å². The average Bonchev–Trinajstić information content (AvgIpc) is 2.95. The summed E-state index contributed by atoms with van der Waals surface area (Å²) in [7, 11) is 0. The Labute approximate surface area is 97.6 Å². The number of rotatable bonds is 2. The molecular formula is C11H13NO5. The lowest BCUT2D eigenvalue weighted by Gasteiger charge is -2.21. The SMILES string of the molecule is O=[N+]([O-])c1ccc(C2OC3CCCCC3O2)o1. The molecule has 0 N–H and O–H groups in total. The first-order valence-electron chi connectivity index (χ1n) is 5.79. The Balaban J connectivity index is 1.74. The molecule has 1 aliphatic heterocycles. The molecule has 17 heavy (non-hydrogen) atoms. The molecular weight excluding hydrogens is 226 g/mol. The van der Waals surface area contributed by atoms with E-state index in [2.05, 4.69) is 0 Å². The number of hydrogen-bond donors (Lipinski definition) is 0. The predicted molar refractivity (Wildman–Crippen MR) is 56.3 cm³/mol. The van der Waals surface area contributed by atoms with Crippen molar-refractivity contribution in [1.29, 1.82) is 0 Å². The van der Waals surface area contributed by atoms with Gasteiger partial charge < -0.3 is 13.9 Å². The summed E-state index contributed by atoms with van der Waals surface area (Å²) in [4.78, 5) is 9.95. The van der Waals surface area contributed by atoms with E-state index in [1.165, 1.54) is 6.07 Å². The molecule has 92 valence electrons. The maximum absolute atomic E-state index is 10.5. The highest BCUT2D eigenvalue weighted by atomic mass is 16.7. The summed E-state index contributed by atoms with van der Waals surface area (Å²) in [5, 5.41) is 10.5. The third-order valence-electron chi connectivity index (χ3n) is 3.26. The van der Waals surface area contributed by atoms with Gasteiger partial charge in [-0.3, -0.25) is 10.1 Å². The van der Waals surface area contributed by atoms with Gasteiger partial charge in [0.1, 0.15) is 4.92 Å². The maximum Gasteiger partial charge on any atom is 0.433 e. The quantitative estimate of drug-likeness (QED) is 0.585. The zero-order valence-corrected chi connectivity index (χ0v) is 9.20. The van der Waals surface area contributed by atoms with E-state index in [-0.39, 0.29) is 18.1 Å². The second-order valence-electron chi connectivity index (χ2n) is 4.40. The van der Waals surface area contributed by atoms with Crippen molar-refractivity contribution in [2.75, 3.05) is 0 Å². The predicted octanol–water partition coefficient (Wildman–Crippen LogP) is 2.54. The van der Waals surface area contributed by atoms with Crippen LogP contribution in [0.4, 0.5) is 5.88 Å². The average molecular weight is 239 g/mol. The summed E-state index contributed by atoms with van der Waals surface area (Å²) in [6.07, 6.45) is 3.91. The zero-order chi connectivity index (χ0) is 11.8. The molecule has 2 fully saturated rings. The number of fused-ring (bicyclic) bond motifs is 1. The van der Waals surface area contributed by atoms with Gasteiger partial charge in [0.2, 0.25) is 6.29 Å². The minimum absolute atomic E-state index is 0.109. The first-order chi connectivity index (χ1) is 8.24. The molecule has 1 saturated carbocycles. The third-order valence-corrected chi connectivity index (χ3v) is 3.26. The Bertz CT molecular complexity index is 415. The van der Waals surface area contributed by atoms with Crippen LogP contribution in [0, 0.1) is 10.1 Å². The normalized spacial score (nSPS) is 32.4. The summed E-state index contributed by atoms with van der Waals surface area (Å²) in [5.41, 5.74) is 0. The van der Waals surface area contributed by atoms with Gasteiger partial charge in [-0.25, -0.2) is 0 Å². The minimum Gasteiger partial charge on any atom is -0.400 e. The molecule has 2 atom stereocenters. The van der Waals surface area contributed by atoms with E-state index in [0.29, 0.717) is 5.76 Å². The van der Waals surface area contributed by atoms with Crippen LogP contribution in [-0.2, 0) is 9.47 Å². The van der Waals surface area contributed by atoms with Crippen LogP contribution in [0.5, 0.6) is 0 Å². The Morgan fingerprint density at radius 2 is 1.82 bits per heavy atom. The molecule has 6 nitrogen and oxygen atoms in total. The molecule has 2 unspecified atom stereocenters. The topological polar surface area (TPSA) is 74.7 Å². The van der Waals surface area contributed by atoms with Crippen molar-refractivity contribution in [3.63, 3.8) is 0 Å². The lowest BCUT2D eigenvalue weighted by molar-refractivity contribution is -0.402. The molecule has 2 aliphatic rings. The summed E-state index contributed by atoms with van der Waals surface area (Å²) in [6.45, 7) is 0. The van der Waals surface area contributed by atoms with Crippen molar-refractivity contribution in [2.24, 2.45) is 0 Å². The van der Waals surface area contributed by atoms with Gasteiger partial charge >= 0.3 is 5.88 Å². The summed E-state index contributed by atoms with van der Waals surface area (Å²) < 4.78 is 16.5. The van der Waals surface area contributed by atoms with Crippen molar-refractivity contribution >= 4 is 5.88 Å². The summed E-state index contributed by atoms with van der Waals surface area (Å²) in [5.74, 6) is 0.105. The molecule has 0 spiro atoms. The van der Waals surface area contributed by atoms with Crippen LogP contribution in [0.25, 0.3) is 0 Å². The highest BCUT2D eigenvalue weighted by Gasteiger charge is 2.39. The molecule has 0 bridgehead atoms. The van der Waals surface area contributed by atoms with E-state index in [0.717, 1.165) is 25.7 Å². The van der Waals surface area contributed by atoms with E-state index >= 15 is 0 Å². The fourth-order valence-corrected chi connectivity index (χ4v) is 2.42. The second kappa shape index (κ2) is 4.12. The highest BCUT2D eigenvalue weighted by Crippen LogP contribution is 2.39. The molecule has 0 amide bonds. The number of nitro groups is 1. The van der Waals surface area contributed by atoms with Crippen LogP contribution in [0.1, 0.15) is 37.7 Å². The highest BCUT2D eigenvalue weighted by molar-refractivity contribution is 5.18. The van der Waals surface area contributed by atoms with Gasteiger partial charge in [-0.05, 0) is 18.9 Å². The summed E-state index contributed by atoms with van der Waals surface area (Å²) in [6, 6.07) is 2.87. The standard InChI is InChI=1S/C11H13NO5/c13-12(14)10-6-5-9(15-10)11-16-7-3-1-2-4-8(7)17-11/h5-8,11H,1-4H2. The van der Waals surface area contributed by atoms with Gasteiger partial charge in [-0.1, -0.05) is 12.8 Å². The zero-order valence-electron chi connectivity index (χ0n) is 9.20. The number of nitrogens with zero attached hydrogens (tertiary/aromatic N) is 1. The first kappa shape index (κ1) is 10.7. The van der Waals surface area contributed by atoms with Crippen LogP contribution >= 0.6 is 0 Å². The molecule has 0 aromatic carbocycles. The second-order valence-corrected chi connectivity index (χ2v) is 4.40. The van der Waals surface area contributed by atoms with Crippen molar-refractivity contribution in [2.45, 2.75) is 44.2 Å².